The van der Waals surface area contributed by atoms with Crippen molar-refractivity contribution < 1.29 is 22.7 Å². The second-order valence-electron chi connectivity index (χ2n) is 8.93. The molecule has 0 spiro atoms. The van der Waals surface area contributed by atoms with E-state index < -0.39 is 16.1 Å². The quantitative estimate of drug-likeness (QED) is 0.697. The van der Waals surface area contributed by atoms with Gasteiger partial charge in [0.15, 0.2) is 0 Å². The molecule has 4 rings (SSSR count). The van der Waals surface area contributed by atoms with Gasteiger partial charge in [-0.15, -0.1) is 0 Å². The fourth-order valence-electron chi connectivity index (χ4n) is 4.79. The summed E-state index contributed by atoms with van der Waals surface area (Å²) in [6.45, 7) is 3.77. The highest BCUT2D eigenvalue weighted by atomic mass is 32.2. The van der Waals surface area contributed by atoms with E-state index in [1.807, 2.05) is 25.1 Å². The maximum Gasteiger partial charge on any atom is 0.414 e. The summed E-state index contributed by atoms with van der Waals surface area (Å²) in [6, 6.07) is 11.9. The molecule has 1 aliphatic heterocycles. The SMILES string of the molecule is CNS(=O)(=O)c1ccc(-c2ccc3c(c2)N(C(=O)OC2CCCCC2)CC(C)N3C(C)=O)cc1. The van der Waals surface area contributed by atoms with E-state index in [-0.39, 0.29) is 22.9 Å². The molecular formula is C25H31N3O5S. The lowest BCUT2D eigenvalue weighted by molar-refractivity contribution is -0.117. The van der Waals surface area contributed by atoms with Crippen molar-refractivity contribution in [2.24, 2.45) is 0 Å². The van der Waals surface area contributed by atoms with Crippen LogP contribution in [-0.4, -0.2) is 46.2 Å². The first-order chi connectivity index (χ1) is 16.2. The van der Waals surface area contributed by atoms with Gasteiger partial charge in [-0.05, 0) is 75.0 Å². The number of nitrogens with one attached hydrogen (secondary N) is 1. The van der Waals surface area contributed by atoms with E-state index in [4.69, 9.17) is 4.74 Å². The number of ether oxygens (including phenoxy) is 1. The molecule has 1 N–H and O–H groups in total. The molecular weight excluding hydrogens is 454 g/mol. The number of amides is 2. The van der Waals surface area contributed by atoms with Gasteiger partial charge >= 0.3 is 6.09 Å². The van der Waals surface area contributed by atoms with E-state index in [9.17, 15) is 18.0 Å². The molecule has 34 heavy (non-hydrogen) atoms. The Kier molecular flexibility index (Phi) is 6.95. The predicted molar refractivity (Wildman–Crippen MR) is 131 cm³/mol. The topological polar surface area (TPSA) is 96.0 Å². The largest absolute Gasteiger partial charge is 0.446 e. The Balaban J connectivity index is 1.70. The highest BCUT2D eigenvalue weighted by Gasteiger charge is 2.35. The van der Waals surface area contributed by atoms with Crippen molar-refractivity contribution in [1.29, 1.82) is 0 Å². The minimum Gasteiger partial charge on any atom is -0.446 e. The summed E-state index contributed by atoms with van der Waals surface area (Å²) in [7, 11) is -2.16. The lowest BCUT2D eigenvalue weighted by atomic mass is 9.98. The van der Waals surface area contributed by atoms with Crippen LogP contribution in [-0.2, 0) is 19.6 Å². The average molecular weight is 486 g/mol. The first-order valence-electron chi connectivity index (χ1n) is 11.7. The first-order valence-corrected chi connectivity index (χ1v) is 13.2. The normalized spacial score (nSPS) is 19.0. The number of carbonyl (C=O) groups excluding carboxylic acids is 2. The van der Waals surface area contributed by atoms with Gasteiger partial charge in [-0.3, -0.25) is 9.69 Å². The van der Waals surface area contributed by atoms with Crippen molar-refractivity contribution in [3.05, 3.63) is 42.5 Å². The Bertz CT molecular complexity index is 1170. The summed E-state index contributed by atoms with van der Waals surface area (Å²) in [5, 5.41) is 0. The zero-order chi connectivity index (χ0) is 24.5. The smallest absolute Gasteiger partial charge is 0.414 e. The Labute approximate surface area is 200 Å². The molecule has 0 aromatic heterocycles. The summed E-state index contributed by atoms with van der Waals surface area (Å²) in [6.07, 6.45) is 4.58. The summed E-state index contributed by atoms with van der Waals surface area (Å²) in [4.78, 5) is 29.1. The highest BCUT2D eigenvalue weighted by molar-refractivity contribution is 7.89. The molecule has 2 aliphatic rings. The monoisotopic (exact) mass is 485 g/mol. The zero-order valence-corrected chi connectivity index (χ0v) is 20.6. The molecule has 1 unspecified atom stereocenters. The number of fused-ring (bicyclic) bond motifs is 1. The fraction of sp³-hybridized carbons (Fsp3) is 0.440. The van der Waals surface area contributed by atoms with Gasteiger partial charge in [0, 0.05) is 13.5 Å². The van der Waals surface area contributed by atoms with Crippen LogP contribution in [0.2, 0.25) is 0 Å². The van der Waals surface area contributed by atoms with Gasteiger partial charge < -0.3 is 9.64 Å². The molecule has 1 fully saturated rings. The Morgan fingerprint density at radius 1 is 0.971 bits per heavy atom. The van der Waals surface area contributed by atoms with E-state index in [0.29, 0.717) is 17.9 Å². The minimum absolute atomic E-state index is 0.0734. The molecule has 0 bridgehead atoms. The number of nitrogens with zero attached hydrogens (tertiary/aromatic N) is 2. The highest BCUT2D eigenvalue weighted by Crippen LogP contribution is 2.39. The molecule has 1 atom stereocenters. The molecule has 8 nitrogen and oxygen atoms in total. The van der Waals surface area contributed by atoms with Crippen molar-refractivity contribution in [2.45, 2.75) is 63.0 Å². The van der Waals surface area contributed by atoms with Crippen molar-refractivity contribution in [2.75, 3.05) is 23.4 Å². The number of hydrogen-bond donors (Lipinski definition) is 1. The van der Waals surface area contributed by atoms with Gasteiger partial charge in [-0.1, -0.05) is 24.6 Å². The van der Waals surface area contributed by atoms with E-state index >= 15 is 0 Å². The zero-order valence-electron chi connectivity index (χ0n) is 19.8. The van der Waals surface area contributed by atoms with Crippen LogP contribution < -0.4 is 14.5 Å². The van der Waals surface area contributed by atoms with E-state index in [1.54, 1.807) is 34.1 Å². The third kappa shape index (κ3) is 4.81. The molecule has 2 aromatic carbocycles. The van der Waals surface area contributed by atoms with Crippen molar-refractivity contribution in [3.8, 4) is 11.1 Å². The van der Waals surface area contributed by atoms with E-state index in [2.05, 4.69) is 4.72 Å². The summed E-state index contributed by atoms with van der Waals surface area (Å²) in [5.74, 6) is -0.0941. The van der Waals surface area contributed by atoms with Crippen LogP contribution >= 0.6 is 0 Å². The summed E-state index contributed by atoms with van der Waals surface area (Å²) < 4.78 is 32.3. The van der Waals surface area contributed by atoms with Crippen LogP contribution in [0.4, 0.5) is 16.2 Å². The summed E-state index contributed by atoms with van der Waals surface area (Å²) in [5.41, 5.74) is 2.87. The van der Waals surface area contributed by atoms with Crippen LogP contribution in [0.25, 0.3) is 11.1 Å². The number of benzene rings is 2. The molecule has 1 saturated carbocycles. The van der Waals surface area contributed by atoms with Crippen LogP contribution in [0, 0.1) is 0 Å². The number of carbonyl (C=O) groups is 2. The minimum atomic E-state index is -3.53. The lowest BCUT2D eigenvalue weighted by Crippen LogP contribution is -2.52. The summed E-state index contributed by atoms with van der Waals surface area (Å²) >= 11 is 0. The second kappa shape index (κ2) is 9.76. The molecule has 0 saturated heterocycles. The van der Waals surface area contributed by atoms with Crippen LogP contribution in [0.5, 0.6) is 0 Å². The molecule has 1 aliphatic carbocycles. The molecule has 1 heterocycles. The number of anilines is 2. The first kappa shape index (κ1) is 24.2. The number of sulfonamides is 1. The second-order valence-corrected chi connectivity index (χ2v) is 10.8. The molecule has 0 radical (unpaired) electrons. The van der Waals surface area contributed by atoms with Crippen molar-refractivity contribution in [1.82, 2.24) is 4.72 Å². The predicted octanol–water partition coefficient (Wildman–Crippen LogP) is 4.29. The molecule has 2 amide bonds. The molecule has 2 aromatic rings. The van der Waals surface area contributed by atoms with Crippen LogP contribution in [0.3, 0.4) is 0 Å². The number of hydrogen-bond acceptors (Lipinski definition) is 5. The van der Waals surface area contributed by atoms with Crippen LogP contribution in [0.1, 0.15) is 46.0 Å². The van der Waals surface area contributed by atoms with E-state index in [0.717, 1.165) is 36.8 Å². The molecule has 182 valence electrons. The fourth-order valence-corrected chi connectivity index (χ4v) is 5.52. The lowest BCUT2D eigenvalue weighted by Gasteiger charge is -2.41. The van der Waals surface area contributed by atoms with E-state index in [1.165, 1.54) is 20.4 Å². The Morgan fingerprint density at radius 2 is 1.62 bits per heavy atom. The van der Waals surface area contributed by atoms with Gasteiger partial charge in [0.25, 0.3) is 0 Å². The van der Waals surface area contributed by atoms with Crippen LogP contribution in [0.15, 0.2) is 47.4 Å². The third-order valence-electron chi connectivity index (χ3n) is 6.56. The van der Waals surface area contributed by atoms with Gasteiger partial charge in [-0.25, -0.2) is 17.9 Å². The van der Waals surface area contributed by atoms with Crippen molar-refractivity contribution in [3.63, 3.8) is 0 Å². The van der Waals surface area contributed by atoms with Gasteiger partial charge in [0.2, 0.25) is 15.9 Å². The number of rotatable bonds is 4. The van der Waals surface area contributed by atoms with Gasteiger partial charge in [-0.2, -0.15) is 0 Å². The van der Waals surface area contributed by atoms with Gasteiger partial charge in [0.1, 0.15) is 6.10 Å². The standard InChI is InChI=1S/C25H31N3O5S/c1-17-16-27(25(30)33-21-7-5-4-6-8-21)24-15-20(11-14-23(24)28(17)18(2)29)19-9-12-22(13-10-19)34(31,32)26-3/h9-15,17,21,26H,4-8,16H2,1-3H3. The maximum absolute atomic E-state index is 13.2. The average Bonchev–Trinajstić information content (AvgIpc) is 2.83. The maximum atomic E-state index is 13.2. The Hall–Kier alpha value is -2.91. The third-order valence-corrected chi connectivity index (χ3v) is 7.99. The van der Waals surface area contributed by atoms with Gasteiger partial charge in [0.05, 0.1) is 22.3 Å². The Morgan fingerprint density at radius 3 is 2.24 bits per heavy atom. The molecule has 9 heteroatoms. The van der Waals surface area contributed by atoms with Crippen molar-refractivity contribution >= 4 is 33.4 Å².